The van der Waals surface area contributed by atoms with Crippen LogP contribution in [0.2, 0.25) is 0 Å². The van der Waals surface area contributed by atoms with Crippen molar-refractivity contribution in [3.05, 3.63) is 58.7 Å². The van der Waals surface area contributed by atoms with Gasteiger partial charge in [0.1, 0.15) is 5.75 Å². The van der Waals surface area contributed by atoms with Gasteiger partial charge in [0.15, 0.2) is 0 Å². The molecule has 0 saturated carbocycles. The van der Waals surface area contributed by atoms with Gasteiger partial charge in [0.05, 0.1) is 18.2 Å². The molecule has 0 spiro atoms. The zero-order valence-electron chi connectivity index (χ0n) is 13.2. The Morgan fingerprint density at radius 2 is 1.96 bits per heavy atom. The van der Waals surface area contributed by atoms with Crippen LogP contribution in [0.1, 0.15) is 22.1 Å². The number of anilines is 1. The van der Waals surface area contributed by atoms with E-state index < -0.39 is 0 Å². The number of rotatable bonds is 3. The molecule has 0 bridgehead atoms. The molecule has 1 aromatic heterocycles. The molecule has 1 amide bonds. The molecule has 1 N–H and O–H groups in total. The number of halogens is 1. The lowest BCUT2D eigenvalue weighted by Gasteiger charge is -2.05. The van der Waals surface area contributed by atoms with Gasteiger partial charge in [0.25, 0.3) is 5.91 Å². The minimum atomic E-state index is -0.286. The highest BCUT2D eigenvalue weighted by atomic mass is 79.9. The Labute approximate surface area is 147 Å². The molecule has 6 heteroatoms. The number of nitrogens with one attached hydrogen (secondary N) is 1. The maximum absolute atomic E-state index is 12.7. The Hall–Kier alpha value is -2.60. The Kier molecular flexibility index (Phi) is 4.40. The van der Waals surface area contributed by atoms with Gasteiger partial charge in [-0.25, -0.2) is 0 Å². The maximum Gasteiger partial charge on any atom is 0.257 e. The van der Waals surface area contributed by atoms with Crippen molar-refractivity contribution in [2.75, 3.05) is 12.4 Å². The summed E-state index contributed by atoms with van der Waals surface area (Å²) in [4.78, 5) is 24.5. The van der Waals surface area contributed by atoms with E-state index in [1.54, 1.807) is 37.6 Å². The predicted molar refractivity (Wildman–Crippen MR) is 96.9 cm³/mol. The van der Waals surface area contributed by atoms with E-state index in [1.807, 2.05) is 18.2 Å². The van der Waals surface area contributed by atoms with Crippen LogP contribution in [0.15, 0.2) is 53.1 Å². The molecule has 0 aliphatic heterocycles. The summed E-state index contributed by atoms with van der Waals surface area (Å²) >= 11 is 3.37. The van der Waals surface area contributed by atoms with Gasteiger partial charge in [0.2, 0.25) is 5.91 Å². The third-order valence-corrected chi connectivity index (χ3v) is 4.17. The fourth-order valence-corrected chi connectivity index (χ4v) is 2.94. The molecule has 2 aromatic carbocycles. The highest BCUT2D eigenvalue weighted by Gasteiger charge is 2.17. The van der Waals surface area contributed by atoms with Crippen molar-refractivity contribution in [2.24, 2.45) is 0 Å². The number of fused-ring (bicyclic) bond motifs is 1. The molecule has 0 saturated heterocycles. The van der Waals surface area contributed by atoms with Crippen LogP contribution in [0.4, 0.5) is 5.69 Å². The van der Waals surface area contributed by atoms with E-state index in [1.165, 1.54) is 11.5 Å². The molecular formula is C18H15BrN2O3. The van der Waals surface area contributed by atoms with E-state index in [2.05, 4.69) is 21.2 Å². The molecule has 3 rings (SSSR count). The van der Waals surface area contributed by atoms with Gasteiger partial charge in [-0.3, -0.25) is 14.2 Å². The van der Waals surface area contributed by atoms with Gasteiger partial charge in [-0.15, -0.1) is 0 Å². The van der Waals surface area contributed by atoms with E-state index in [0.717, 1.165) is 4.47 Å². The number of nitrogens with zero attached hydrogens (tertiary/aromatic N) is 1. The fourth-order valence-electron chi connectivity index (χ4n) is 2.54. The molecule has 0 aliphatic rings. The van der Waals surface area contributed by atoms with Crippen LogP contribution in [0.3, 0.4) is 0 Å². The number of benzene rings is 2. The number of methoxy groups -OCH3 is 1. The average molecular weight is 387 g/mol. The number of hydrogen-bond acceptors (Lipinski definition) is 3. The zero-order valence-corrected chi connectivity index (χ0v) is 14.8. The Balaban J connectivity index is 2.07. The van der Waals surface area contributed by atoms with Crippen LogP contribution in [0.5, 0.6) is 5.75 Å². The first-order chi connectivity index (χ1) is 11.5. The number of aromatic nitrogens is 1. The lowest BCUT2D eigenvalue weighted by molar-refractivity contribution is 0.0941. The predicted octanol–water partition coefficient (Wildman–Crippen LogP) is 4.32. The van der Waals surface area contributed by atoms with Crippen LogP contribution in [0, 0.1) is 0 Å². The second-order valence-electron chi connectivity index (χ2n) is 5.28. The van der Waals surface area contributed by atoms with Crippen molar-refractivity contribution in [3.8, 4) is 5.75 Å². The number of carbonyl (C=O) groups is 2. The first-order valence-electron chi connectivity index (χ1n) is 7.26. The minimum absolute atomic E-state index is 0.160. The third-order valence-electron chi connectivity index (χ3n) is 3.68. The molecule has 122 valence electrons. The topological polar surface area (TPSA) is 60.3 Å². The number of amides is 1. The van der Waals surface area contributed by atoms with Crippen molar-refractivity contribution in [1.82, 2.24) is 4.57 Å². The second-order valence-corrected chi connectivity index (χ2v) is 6.20. The van der Waals surface area contributed by atoms with Gasteiger partial charge in [-0.2, -0.15) is 0 Å². The Bertz CT molecular complexity index is 947. The van der Waals surface area contributed by atoms with Crippen LogP contribution < -0.4 is 10.1 Å². The third kappa shape index (κ3) is 3.05. The van der Waals surface area contributed by atoms with Gasteiger partial charge in [-0.05, 0) is 36.4 Å². The number of ether oxygens (including phenoxy) is 1. The molecule has 24 heavy (non-hydrogen) atoms. The van der Waals surface area contributed by atoms with Crippen molar-refractivity contribution in [3.63, 3.8) is 0 Å². The monoisotopic (exact) mass is 386 g/mol. The summed E-state index contributed by atoms with van der Waals surface area (Å²) in [7, 11) is 1.56. The van der Waals surface area contributed by atoms with Crippen molar-refractivity contribution >= 4 is 44.3 Å². The molecule has 1 heterocycles. The lowest BCUT2D eigenvalue weighted by Crippen LogP contribution is -2.11. The van der Waals surface area contributed by atoms with Crippen LogP contribution in [0.25, 0.3) is 10.9 Å². The highest BCUT2D eigenvalue weighted by molar-refractivity contribution is 9.10. The molecular weight excluding hydrogens is 372 g/mol. The highest BCUT2D eigenvalue weighted by Crippen LogP contribution is 2.27. The molecule has 0 aliphatic carbocycles. The van der Waals surface area contributed by atoms with E-state index >= 15 is 0 Å². The summed E-state index contributed by atoms with van der Waals surface area (Å²) in [6.45, 7) is 1.46. The average Bonchev–Trinajstić information content (AvgIpc) is 2.93. The van der Waals surface area contributed by atoms with Crippen LogP contribution in [-0.4, -0.2) is 23.5 Å². The van der Waals surface area contributed by atoms with E-state index in [4.69, 9.17) is 4.74 Å². The number of hydrogen-bond donors (Lipinski definition) is 1. The van der Waals surface area contributed by atoms with E-state index in [0.29, 0.717) is 27.9 Å². The van der Waals surface area contributed by atoms with E-state index in [9.17, 15) is 9.59 Å². The normalized spacial score (nSPS) is 10.6. The first kappa shape index (κ1) is 16.3. The quantitative estimate of drug-likeness (QED) is 0.728. The maximum atomic E-state index is 12.7. The Morgan fingerprint density at radius 3 is 2.62 bits per heavy atom. The van der Waals surface area contributed by atoms with E-state index in [-0.39, 0.29) is 11.8 Å². The molecule has 0 atom stereocenters. The van der Waals surface area contributed by atoms with Crippen molar-refractivity contribution < 1.29 is 14.3 Å². The fraction of sp³-hybridized carbons (Fsp3) is 0.111. The van der Waals surface area contributed by atoms with Crippen LogP contribution in [-0.2, 0) is 0 Å². The second kappa shape index (κ2) is 6.49. The standard InChI is InChI=1S/C18H15BrN2O3/c1-11(22)21-10-16(15-9-14(24-2)6-7-17(15)21)18(23)20-13-5-3-4-12(19)8-13/h3-10H,1-2H3,(H,20,23). The minimum Gasteiger partial charge on any atom is -0.497 e. The summed E-state index contributed by atoms with van der Waals surface area (Å²) in [5.74, 6) is 0.179. The molecule has 3 aromatic rings. The molecule has 0 fully saturated rings. The summed E-state index contributed by atoms with van der Waals surface area (Å²) in [6, 6.07) is 12.6. The summed E-state index contributed by atoms with van der Waals surface area (Å²) in [5, 5.41) is 3.51. The van der Waals surface area contributed by atoms with Crippen molar-refractivity contribution in [2.45, 2.75) is 6.92 Å². The van der Waals surface area contributed by atoms with Gasteiger partial charge in [0, 0.05) is 28.7 Å². The van der Waals surface area contributed by atoms with Gasteiger partial charge < -0.3 is 10.1 Å². The van der Waals surface area contributed by atoms with Crippen LogP contribution >= 0.6 is 15.9 Å². The summed E-state index contributed by atoms with van der Waals surface area (Å²) in [5.41, 5.74) is 1.75. The molecule has 5 nitrogen and oxygen atoms in total. The van der Waals surface area contributed by atoms with Gasteiger partial charge >= 0.3 is 0 Å². The molecule has 0 radical (unpaired) electrons. The van der Waals surface area contributed by atoms with Gasteiger partial charge in [-0.1, -0.05) is 22.0 Å². The summed E-state index contributed by atoms with van der Waals surface area (Å²) in [6.07, 6.45) is 1.56. The smallest absolute Gasteiger partial charge is 0.257 e. The summed E-state index contributed by atoms with van der Waals surface area (Å²) < 4.78 is 7.56. The largest absolute Gasteiger partial charge is 0.497 e. The lowest BCUT2D eigenvalue weighted by atomic mass is 10.1. The molecule has 0 unspecified atom stereocenters. The SMILES string of the molecule is COc1ccc2c(c1)c(C(=O)Nc1cccc(Br)c1)cn2C(C)=O. The first-order valence-corrected chi connectivity index (χ1v) is 8.06. The van der Waals surface area contributed by atoms with Crippen molar-refractivity contribution in [1.29, 1.82) is 0 Å². The number of carbonyl (C=O) groups excluding carboxylic acids is 2. The zero-order chi connectivity index (χ0) is 17.3. The Morgan fingerprint density at radius 1 is 1.17 bits per heavy atom.